The lowest BCUT2D eigenvalue weighted by Gasteiger charge is -2.25. The maximum atomic E-state index is 13.9. The number of hydrogen-bond donors (Lipinski definition) is 9. The number of H-pyrrole nitrogens is 2. The highest BCUT2D eigenvalue weighted by molar-refractivity contribution is 5.95. The number of nitrogens with two attached hydrogens (primary N) is 2. The van der Waals surface area contributed by atoms with Crippen LogP contribution >= 0.6 is 0 Å². The Morgan fingerprint density at radius 3 is 2.17 bits per heavy atom. The van der Waals surface area contributed by atoms with Gasteiger partial charge in [0, 0.05) is 48.3 Å². The molecule has 4 rings (SSSR count). The van der Waals surface area contributed by atoms with Crippen molar-refractivity contribution in [2.75, 3.05) is 6.54 Å². The third kappa shape index (κ3) is 9.39. The van der Waals surface area contributed by atoms with Crippen LogP contribution in [0.3, 0.4) is 0 Å². The average molecular weight is 633 g/mol. The summed E-state index contributed by atoms with van der Waals surface area (Å²) in [5, 5.41) is 28.3. The SMILES string of the molecule is NCCCCC(N)C(=O)NC(Cc1c[nH]c2ccccc12)C(=O)NC(Cc1cnc[nH]1)C(=O)NC(Cc1ccc(O)cc1)C(=O)O. The normalized spacial score (nSPS) is 13.8. The zero-order valence-electron chi connectivity index (χ0n) is 25.2. The number of aliphatic carboxylic acids is 1. The molecule has 14 heteroatoms. The molecule has 4 unspecified atom stereocenters. The zero-order chi connectivity index (χ0) is 33.1. The highest BCUT2D eigenvalue weighted by atomic mass is 16.4. The van der Waals surface area contributed by atoms with E-state index in [1.165, 1.54) is 24.7 Å². The summed E-state index contributed by atoms with van der Waals surface area (Å²) in [6, 6.07) is 8.94. The number of aromatic amines is 2. The molecule has 4 atom stereocenters. The summed E-state index contributed by atoms with van der Waals surface area (Å²) >= 11 is 0. The third-order valence-corrected chi connectivity index (χ3v) is 7.64. The standard InChI is InChI=1S/C32H40N8O6/c33-12-4-3-6-24(34)29(42)38-26(14-20-16-36-25-7-2-1-5-23(20)25)30(43)39-27(15-21-17-35-18-37-21)31(44)40-28(32(45)46)13-19-8-10-22(41)11-9-19/h1-2,5,7-11,16-18,24,26-28,36,41H,3-4,6,12-15,33-34H2,(H,35,37)(H,38,42)(H,39,43)(H,40,44)(H,45,46). The van der Waals surface area contributed by atoms with Gasteiger partial charge in [0.25, 0.3) is 0 Å². The summed E-state index contributed by atoms with van der Waals surface area (Å²) in [6.07, 6.45) is 6.39. The van der Waals surface area contributed by atoms with Gasteiger partial charge >= 0.3 is 5.97 Å². The number of nitrogens with one attached hydrogen (secondary N) is 5. The van der Waals surface area contributed by atoms with Crippen molar-refractivity contribution in [3.8, 4) is 5.75 Å². The van der Waals surface area contributed by atoms with E-state index in [4.69, 9.17) is 11.5 Å². The lowest BCUT2D eigenvalue weighted by molar-refractivity contribution is -0.142. The van der Waals surface area contributed by atoms with Crippen molar-refractivity contribution < 1.29 is 29.4 Å². The minimum Gasteiger partial charge on any atom is -0.508 e. The minimum absolute atomic E-state index is 0.0211. The molecule has 0 saturated carbocycles. The van der Waals surface area contributed by atoms with Gasteiger partial charge in [-0.3, -0.25) is 14.4 Å². The van der Waals surface area contributed by atoms with Crippen LogP contribution in [0.15, 0.2) is 67.3 Å². The lowest BCUT2D eigenvalue weighted by Crippen LogP contribution is -2.58. The number of phenols is 1. The Bertz CT molecular complexity index is 1600. The number of carbonyl (C=O) groups is 4. The van der Waals surface area contributed by atoms with Crippen molar-refractivity contribution in [3.05, 3.63) is 84.1 Å². The molecule has 0 bridgehead atoms. The molecule has 0 spiro atoms. The molecule has 2 aromatic heterocycles. The number of rotatable bonds is 17. The van der Waals surface area contributed by atoms with Gasteiger partial charge in [0.05, 0.1) is 12.4 Å². The van der Waals surface area contributed by atoms with Gasteiger partial charge in [0.15, 0.2) is 0 Å². The Kier molecular flexibility index (Phi) is 11.9. The second-order valence-electron chi connectivity index (χ2n) is 11.1. The molecular formula is C32H40N8O6. The summed E-state index contributed by atoms with van der Waals surface area (Å²) in [5.74, 6) is -3.18. The highest BCUT2D eigenvalue weighted by Gasteiger charge is 2.31. The van der Waals surface area contributed by atoms with Crippen molar-refractivity contribution in [1.82, 2.24) is 30.9 Å². The van der Waals surface area contributed by atoms with Crippen molar-refractivity contribution in [1.29, 1.82) is 0 Å². The number of para-hydroxylation sites is 1. The second-order valence-corrected chi connectivity index (χ2v) is 11.1. The van der Waals surface area contributed by atoms with E-state index in [-0.39, 0.29) is 25.0 Å². The van der Waals surface area contributed by atoms with E-state index in [1.807, 2.05) is 24.3 Å². The molecule has 2 heterocycles. The maximum absolute atomic E-state index is 13.9. The first kappa shape index (κ1) is 33.7. The smallest absolute Gasteiger partial charge is 0.326 e. The van der Waals surface area contributed by atoms with Crippen molar-refractivity contribution >= 4 is 34.6 Å². The zero-order valence-corrected chi connectivity index (χ0v) is 25.2. The number of imidazole rings is 1. The van der Waals surface area contributed by atoms with E-state index in [0.717, 1.165) is 16.5 Å². The first-order chi connectivity index (χ1) is 22.1. The summed E-state index contributed by atoms with van der Waals surface area (Å²) in [5.41, 5.74) is 14.4. The van der Waals surface area contributed by atoms with Crippen LogP contribution in [0.4, 0.5) is 0 Å². The molecule has 11 N–H and O–H groups in total. The van der Waals surface area contributed by atoms with Gasteiger partial charge in [-0.25, -0.2) is 9.78 Å². The molecule has 4 aromatic rings. The minimum atomic E-state index is -1.33. The topological polar surface area (TPSA) is 241 Å². The largest absolute Gasteiger partial charge is 0.508 e. The number of carboxylic acid groups (broad SMARTS) is 1. The Balaban J connectivity index is 1.55. The monoisotopic (exact) mass is 632 g/mol. The summed E-state index contributed by atoms with van der Waals surface area (Å²) in [6.45, 7) is 0.470. The number of nitrogens with zero attached hydrogens (tertiary/aromatic N) is 1. The molecule has 46 heavy (non-hydrogen) atoms. The summed E-state index contributed by atoms with van der Waals surface area (Å²) < 4.78 is 0. The molecule has 244 valence electrons. The number of hydrogen-bond acceptors (Lipinski definition) is 8. The quantitative estimate of drug-likeness (QED) is 0.0740. The number of unbranched alkanes of at least 4 members (excludes halogenated alkanes) is 1. The third-order valence-electron chi connectivity index (χ3n) is 7.64. The highest BCUT2D eigenvalue weighted by Crippen LogP contribution is 2.19. The average Bonchev–Trinajstić information content (AvgIpc) is 3.71. The van der Waals surface area contributed by atoms with Gasteiger partial charge in [-0.1, -0.05) is 36.8 Å². The Labute approximate surface area is 265 Å². The first-order valence-electron chi connectivity index (χ1n) is 15.0. The van der Waals surface area contributed by atoms with Crippen LogP contribution < -0.4 is 27.4 Å². The van der Waals surface area contributed by atoms with Crippen LogP contribution in [0.25, 0.3) is 10.9 Å². The van der Waals surface area contributed by atoms with Crippen LogP contribution in [0.5, 0.6) is 5.75 Å². The van der Waals surface area contributed by atoms with Gasteiger partial charge in [0.1, 0.15) is 23.9 Å². The van der Waals surface area contributed by atoms with E-state index in [9.17, 15) is 29.4 Å². The molecule has 0 aliphatic carbocycles. The van der Waals surface area contributed by atoms with E-state index >= 15 is 0 Å². The molecule has 0 aliphatic rings. The van der Waals surface area contributed by atoms with Gasteiger partial charge in [-0.15, -0.1) is 0 Å². The molecule has 0 aliphatic heterocycles. The van der Waals surface area contributed by atoms with E-state index in [0.29, 0.717) is 37.1 Å². The van der Waals surface area contributed by atoms with E-state index < -0.39 is 47.9 Å². The van der Waals surface area contributed by atoms with Crippen LogP contribution in [0.1, 0.15) is 36.1 Å². The van der Waals surface area contributed by atoms with E-state index in [1.54, 1.807) is 18.3 Å². The molecule has 3 amide bonds. The lowest BCUT2D eigenvalue weighted by atomic mass is 10.0. The van der Waals surface area contributed by atoms with Gasteiger partial charge in [0.2, 0.25) is 17.7 Å². The Hall–Kier alpha value is -5.21. The number of amides is 3. The summed E-state index contributed by atoms with van der Waals surface area (Å²) in [7, 11) is 0. The number of carbonyl (C=O) groups excluding carboxylic acids is 3. The molecule has 0 fully saturated rings. The second kappa shape index (κ2) is 16.2. The number of carboxylic acids is 1. The van der Waals surface area contributed by atoms with Crippen LogP contribution in [0.2, 0.25) is 0 Å². The van der Waals surface area contributed by atoms with Crippen LogP contribution in [0, 0.1) is 0 Å². The predicted molar refractivity (Wildman–Crippen MR) is 170 cm³/mol. The maximum Gasteiger partial charge on any atom is 0.326 e. The van der Waals surface area contributed by atoms with Crippen LogP contribution in [-0.4, -0.2) is 79.6 Å². The number of phenolic OH excluding ortho intramolecular Hbond substituents is 1. The molecule has 14 nitrogen and oxygen atoms in total. The van der Waals surface area contributed by atoms with Crippen LogP contribution in [-0.2, 0) is 38.4 Å². The van der Waals surface area contributed by atoms with E-state index in [2.05, 4.69) is 30.9 Å². The van der Waals surface area contributed by atoms with Crippen molar-refractivity contribution in [2.45, 2.75) is 62.7 Å². The summed E-state index contributed by atoms with van der Waals surface area (Å²) in [4.78, 5) is 62.7. The fourth-order valence-corrected chi connectivity index (χ4v) is 5.09. The molecule has 2 aromatic carbocycles. The fourth-order valence-electron chi connectivity index (χ4n) is 5.09. The number of aromatic nitrogens is 3. The number of benzene rings is 2. The van der Waals surface area contributed by atoms with Gasteiger partial charge in [-0.05, 0) is 48.7 Å². The molecule has 0 radical (unpaired) electrons. The Morgan fingerprint density at radius 1 is 0.826 bits per heavy atom. The predicted octanol–water partition coefficient (Wildman–Crippen LogP) is 0.620. The first-order valence-corrected chi connectivity index (χ1v) is 15.0. The number of fused-ring (bicyclic) bond motifs is 1. The van der Waals surface area contributed by atoms with Gasteiger partial charge < -0.3 is 47.6 Å². The number of aromatic hydroxyl groups is 1. The molecular weight excluding hydrogens is 592 g/mol. The Morgan fingerprint density at radius 2 is 1.50 bits per heavy atom. The molecule has 0 saturated heterocycles. The van der Waals surface area contributed by atoms with Crippen molar-refractivity contribution in [3.63, 3.8) is 0 Å². The van der Waals surface area contributed by atoms with Gasteiger partial charge in [-0.2, -0.15) is 0 Å². The van der Waals surface area contributed by atoms with Crippen molar-refractivity contribution in [2.24, 2.45) is 11.5 Å². The fraction of sp³-hybridized carbons (Fsp3) is 0.344.